The summed E-state index contributed by atoms with van der Waals surface area (Å²) in [5.41, 5.74) is 4.20. The van der Waals surface area contributed by atoms with Crippen LogP contribution in [0.2, 0.25) is 0 Å². The van der Waals surface area contributed by atoms with Crippen molar-refractivity contribution in [1.29, 1.82) is 0 Å². The predicted octanol–water partition coefficient (Wildman–Crippen LogP) is 5.63. The number of anilines is 1. The number of hydrogen-bond acceptors (Lipinski definition) is 5. The lowest BCUT2D eigenvalue weighted by Gasteiger charge is -2.13. The third-order valence-electron chi connectivity index (χ3n) is 5.26. The molecule has 1 aromatic heterocycles. The molecule has 0 aliphatic heterocycles. The summed E-state index contributed by atoms with van der Waals surface area (Å²) in [6.45, 7) is 2.10. The van der Waals surface area contributed by atoms with E-state index in [4.69, 9.17) is 9.72 Å². The highest BCUT2D eigenvalue weighted by molar-refractivity contribution is 6.13. The van der Waals surface area contributed by atoms with E-state index in [1.165, 1.54) is 30.9 Å². The van der Waals surface area contributed by atoms with E-state index in [9.17, 15) is 14.9 Å². The van der Waals surface area contributed by atoms with Gasteiger partial charge in [-0.05, 0) is 30.2 Å². The number of hydrogen-bond donors (Lipinski definition) is 1. The third-order valence-corrected chi connectivity index (χ3v) is 5.26. The van der Waals surface area contributed by atoms with Crippen molar-refractivity contribution in [1.82, 2.24) is 4.98 Å². The molecule has 0 atom stereocenters. The summed E-state index contributed by atoms with van der Waals surface area (Å²) in [5, 5.41) is 14.6. The number of aryl methyl sites for hydroxylation is 1. The van der Waals surface area contributed by atoms with Crippen molar-refractivity contribution in [2.45, 2.75) is 13.3 Å². The fourth-order valence-electron chi connectivity index (χ4n) is 3.51. The van der Waals surface area contributed by atoms with Crippen LogP contribution in [-0.2, 0) is 6.42 Å². The first-order valence-corrected chi connectivity index (χ1v) is 10.1. The molecule has 0 bridgehead atoms. The molecule has 0 radical (unpaired) electrons. The van der Waals surface area contributed by atoms with Crippen molar-refractivity contribution < 1.29 is 14.5 Å². The SMILES string of the molecule is CCc1ccc(-c2cc(C(=O)Nc3ccc([N+](=O)[O-])cc3OC)c3ccccc3n2)cc1. The first-order valence-electron chi connectivity index (χ1n) is 10.1. The second-order valence-corrected chi connectivity index (χ2v) is 7.22. The van der Waals surface area contributed by atoms with Gasteiger partial charge in [0.15, 0.2) is 0 Å². The molecule has 0 aliphatic rings. The molecule has 0 saturated carbocycles. The molecular formula is C25H21N3O4. The van der Waals surface area contributed by atoms with Crippen molar-refractivity contribution >= 4 is 28.2 Å². The molecule has 3 aromatic carbocycles. The van der Waals surface area contributed by atoms with Crippen LogP contribution in [0.25, 0.3) is 22.2 Å². The highest BCUT2D eigenvalue weighted by atomic mass is 16.6. The molecule has 7 nitrogen and oxygen atoms in total. The average Bonchev–Trinajstić information content (AvgIpc) is 2.83. The second kappa shape index (κ2) is 8.85. The summed E-state index contributed by atoms with van der Waals surface area (Å²) in [5.74, 6) is -0.150. The van der Waals surface area contributed by atoms with E-state index in [1.807, 2.05) is 48.5 Å². The van der Waals surface area contributed by atoms with Crippen LogP contribution in [0.3, 0.4) is 0 Å². The van der Waals surface area contributed by atoms with E-state index in [2.05, 4.69) is 12.2 Å². The minimum absolute atomic E-state index is 0.118. The number of nitrogens with zero attached hydrogens (tertiary/aromatic N) is 2. The van der Waals surface area contributed by atoms with Gasteiger partial charge in [0.2, 0.25) is 0 Å². The number of ether oxygens (including phenoxy) is 1. The summed E-state index contributed by atoms with van der Waals surface area (Å²) >= 11 is 0. The zero-order valence-corrected chi connectivity index (χ0v) is 17.7. The van der Waals surface area contributed by atoms with Crippen LogP contribution < -0.4 is 10.1 Å². The largest absolute Gasteiger partial charge is 0.494 e. The molecule has 0 unspecified atom stereocenters. The van der Waals surface area contributed by atoms with Crippen LogP contribution in [-0.4, -0.2) is 22.9 Å². The van der Waals surface area contributed by atoms with Gasteiger partial charge in [-0.25, -0.2) is 4.98 Å². The van der Waals surface area contributed by atoms with E-state index in [0.29, 0.717) is 27.8 Å². The third kappa shape index (κ3) is 4.13. The lowest BCUT2D eigenvalue weighted by Crippen LogP contribution is -2.14. The molecule has 0 aliphatic carbocycles. The minimum Gasteiger partial charge on any atom is -0.494 e. The number of carbonyl (C=O) groups excluding carboxylic acids is 1. The predicted molar refractivity (Wildman–Crippen MR) is 124 cm³/mol. The number of carbonyl (C=O) groups is 1. The van der Waals surface area contributed by atoms with Crippen LogP contribution in [0.4, 0.5) is 11.4 Å². The number of nitro benzene ring substituents is 1. The second-order valence-electron chi connectivity index (χ2n) is 7.22. The van der Waals surface area contributed by atoms with Gasteiger partial charge in [-0.1, -0.05) is 49.4 Å². The number of para-hydroxylation sites is 1. The number of methoxy groups -OCH3 is 1. The number of nitrogens with one attached hydrogen (secondary N) is 1. The van der Waals surface area contributed by atoms with Crippen LogP contribution in [0.15, 0.2) is 72.8 Å². The van der Waals surface area contributed by atoms with Gasteiger partial charge < -0.3 is 10.1 Å². The van der Waals surface area contributed by atoms with Crippen LogP contribution >= 0.6 is 0 Å². The van der Waals surface area contributed by atoms with Gasteiger partial charge >= 0.3 is 0 Å². The molecule has 32 heavy (non-hydrogen) atoms. The van der Waals surface area contributed by atoms with Crippen LogP contribution in [0.5, 0.6) is 5.75 Å². The topological polar surface area (TPSA) is 94.4 Å². The molecule has 4 aromatic rings. The number of nitro groups is 1. The Morgan fingerprint density at radius 2 is 1.81 bits per heavy atom. The van der Waals surface area contributed by atoms with Gasteiger partial charge in [-0.15, -0.1) is 0 Å². The molecular weight excluding hydrogens is 406 g/mol. The lowest BCUT2D eigenvalue weighted by atomic mass is 10.0. The van der Waals surface area contributed by atoms with Gasteiger partial charge in [0.25, 0.3) is 11.6 Å². The zero-order valence-electron chi connectivity index (χ0n) is 17.7. The molecule has 7 heteroatoms. The number of aromatic nitrogens is 1. The Morgan fingerprint density at radius 1 is 1.06 bits per heavy atom. The fourth-order valence-corrected chi connectivity index (χ4v) is 3.51. The standard InChI is InChI=1S/C25H21N3O4/c1-3-16-8-10-17(11-9-16)23-15-20(19-6-4-5-7-21(19)26-23)25(29)27-22-13-12-18(28(30)31)14-24(22)32-2/h4-15H,3H2,1-2H3,(H,27,29). The van der Waals surface area contributed by atoms with Crippen molar-refractivity contribution in [3.8, 4) is 17.0 Å². The van der Waals surface area contributed by atoms with E-state index < -0.39 is 4.92 Å². The highest BCUT2D eigenvalue weighted by Crippen LogP contribution is 2.31. The molecule has 0 fully saturated rings. The molecule has 0 spiro atoms. The first kappa shape index (κ1) is 21.0. The Bertz CT molecular complexity index is 1320. The summed E-state index contributed by atoms with van der Waals surface area (Å²) < 4.78 is 5.24. The summed E-state index contributed by atoms with van der Waals surface area (Å²) in [4.78, 5) is 28.5. The summed E-state index contributed by atoms with van der Waals surface area (Å²) in [6, 6.07) is 21.3. The van der Waals surface area contributed by atoms with Gasteiger partial charge in [-0.3, -0.25) is 14.9 Å². The molecule has 1 heterocycles. The Labute approximate surface area is 184 Å². The Kier molecular flexibility index (Phi) is 5.81. The Hall–Kier alpha value is -4.26. The van der Waals surface area contributed by atoms with E-state index in [-0.39, 0.29) is 17.3 Å². The number of non-ortho nitro benzene ring substituents is 1. The number of fused-ring (bicyclic) bond motifs is 1. The van der Waals surface area contributed by atoms with Crippen molar-refractivity contribution in [3.63, 3.8) is 0 Å². The van der Waals surface area contributed by atoms with Crippen LogP contribution in [0, 0.1) is 10.1 Å². The molecule has 4 rings (SSSR count). The summed E-state index contributed by atoms with van der Waals surface area (Å²) in [6.07, 6.45) is 0.941. The summed E-state index contributed by atoms with van der Waals surface area (Å²) in [7, 11) is 1.40. The maximum Gasteiger partial charge on any atom is 0.273 e. The lowest BCUT2D eigenvalue weighted by molar-refractivity contribution is -0.384. The molecule has 1 N–H and O–H groups in total. The normalized spacial score (nSPS) is 10.7. The monoisotopic (exact) mass is 427 g/mol. The smallest absolute Gasteiger partial charge is 0.273 e. The van der Waals surface area contributed by atoms with Gasteiger partial charge in [0.1, 0.15) is 5.75 Å². The Morgan fingerprint density at radius 3 is 2.50 bits per heavy atom. The zero-order chi connectivity index (χ0) is 22.7. The fraction of sp³-hybridized carbons (Fsp3) is 0.120. The number of rotatable bonds is 6. The first-order chi connectivity index (χ1) is 15.5. The quantitative estimate of drug-likeness (QED) is 0.318. The van der Waals surface area contributed by atoms with Crippen molar-refractivity contribution in [3.05, 3.63) is 94.0 Å². The molecule has 1 amide bonds. The van der Waals surface area contributed by atoms with Crippen LogP contribution in [0.1, 0.15) is 22.8 Å². The average molecular weight is 427 g/mol. The molecule has 0 saturated heterocycles. The van der Waals surface area contributed by atoms with Crippen molar-refractivity contribution in [2.24, 2.45) is 0 Å². The number of amides is 1. The Balaban J connectivity index is 1.76. The van der Waals surface area contributed by atoms with E-state index >= 15 is 0 Å². The van der Waals surface area contributed by atoms with Crippen molar-refractivity contribution in [2.75, 3.05) is 12.4 Å². The molecule has 160 valence electrons. The maximum atomic E-state index is 13.3. The number of pyridine rings is 1. The van der Waals surface area contributed by atoms with Gasteiger partial charge in [-0.2, -0.15) is 0 Å². The van der Waals surface area contributed by atoms with Gasteiger partial charge in [0, 0.05) is 17.0 Å². The van der Waals surface area contributed by atoms with E-state index in [1.54, 1.807) is 6.07 Å². The minimum atomic E-state index is -0.513. The number of benzene rings is 3. The van der Waals surface area contributed by atoms with E-state index in [0.717, 1.165) is 12.0 Å². The van der Waals surface area contributed by atoms with Gasteiger partial charge in [0.05, 0.1) is 40.6 Å². The highest BCUT2D eigenvalue weighted by Gasteiger charge is 2.17. The maximum absolute atomic E-state index is 13.3.